The summed E-state index contributed by atoms with van der Waals surface area (Å²) in [7, 11) is -3.16. The van der Waals surface area contributed by atoms with E-state index >= 15 is 0 Å². The van der Waals surface area contributed by atoms with Crippen LogP contribution in [0.15, 0.2) is 0 Å². The van der Waals surface area contributed by atoms with E-state index in [1.165, 1.54) is 12.8 Å². The van der Waals surface area contributed by atoms with Gasteiger partial charge in [0.15, 0.2) is 0 Å². The minimum atomic E-state index is -3.16. The zero-order valence-electron chi connectivity index (χ0n) is 17.5. The second-order valence-corrected chi connectivity index (χ2v) is 12.4. The Labute approximate surface area is 180 Å². The Morgan fingerprint density at radius 3 is 2.66 bits per heavy atom. The van der Waals surface area contributed by atoms with Crippen molar-refractivity contribution < 1.29 is 8.42 Å². The molecule has 0 bridgehead atoms. The Morgan fingerprint density at radius 1 is 1.21 bits per heavy atom. The average molecular weight is 448 g/mol. The van der Waals surface area contributed by atoms with Crippen molar-refractivity contribution in [3.05, 3.63) is 0 Å². The normalized spacial score (nSPS) is 42.2. The van der Waals surface area contributed by atoms with E-state index in [0.717, 1.165) is 51.9 Å². The molecule has 2 aliphatic carbocycles. The summed E-state index contributed by atoms with van der Waals surface area (Å²) in [4.78, 5) is 2.49. The number of hydrogen-bond acceptors (Lipinski definition) is 6. The average Bonchev–Trinajstić information content (AvgIpc) is 3.47. The molecule has 2 heterocycles. The number of nitrogens with one attached hydrogen (secondary N) is 3. The molecule has 168 valence electrons. The maximum Gasteiger partial charge on any atom is 0.214 e. The van der Waals surface area contributed by atoms with Crippen LogP contribution in [0.3, 0.4) is 0 Å². The van der Waals surface area contributed by atoms with E-state index in [0.29, 0.717) is 24.3 Å². The fourth-order valence-electron chi connectivity index (χ4n) is 5.29. The van der Waals surface area contributed by atoms with Gasteiger partial charge in [0.25, 0.3) is 0 Å². The fraction of sp³-hybridized carbons (Fsp3) is 1.00. The van der Waals surface area contributed by atoms with Crippen molar-refractivity contribution in [3.63, 3.8) is 0 Å². The van der Waals surface area contributed by atoms with Gasteiger partial charge >= 0.3 is 0 Å². The van der Waals surface area contributed by atoms with Gasteiger partial charge in [-0.15, -0.1) is 11.6 Å². The number of halogens is 1. The summed E-state index contributed by atoms with van der Waals surface area (Å²) in [6.45, 7) is 6.29. The molecule has 4 aliphatic rings. The number of hydrogen-bond donors (Lipinski definition) is 4. The lowest BCUT2D eigenvalue weighted by Crippen LogP contribution is -2.67. The van der Waals surface area contributed by atoms with Gasteiger partial charge in [0, 0.05) is 37.5 Å². The molecule has 5 N–H and O–H groups in total. The summed E-state index contributed by atoms with van der Waals surface area (Å²) in [6.07, 6.45) is 6.52. The van der Waals surface area contributed by atoms with E-state index in [4.69, 9.17) is 17.3 Å². The summed E-state index contributed by atoms with van der Waals surface area (Å²) in [5.74, 6) is 1.84. The number of alkyl halides is 1. The number of nitrogens with zero attached hydrogens (tertiary/aromatic N) is 1. The van der Waals surface area contributed by atoms with Gasteiger partial charge in [0.05, 0.1) is 17.6 Å². The predicted molar refractivity (Wildman–Crippen MR) is 117 cm³/mol. The smallest absolute Gasteiger partial charge is 0.214 e. The van der Waals surface area contributed by atoms with Crippen molar-refractivity contribution in [2.24, 2.45) is 29.4 Å². The number of sulfonamides is 1. The molecule has 7 unspecified atom stereocenters. The van der Waals surface area contributed by atoms with Gasteiger partial charge in [-0.05, 0) is 62.8 Å². The highest BCUT2D eigenvalue weighted by molar-refractivity contribution is 7.90. The quantitative estimate of drug-likeness (QED) is 0.432. The molecular weight excluding hydrogens is 410 g/mol. The van der Waals surface area contributed by atoms with E-state index < -0.39 is 10.0 Å². The van der Waals surface area contributed by atoms with Crippen molar-refractivity contribution in [2.45, 2.75) is 68.4 Å². The summed E-state index contributed by atoms with van der Waals surface area (Å²) >= 11 is 6.59. The van der Waals surface area contributed by atoms with Crippen LogP contribution in [-0.2, 0) is 10.0 Å². The maximum atomic E-state index is 12.3. The molecule has 29 heavy (non-hydrogen) atoms. The van der Waals surface area contributed by atoms with Crippen LogP contribution in [0.5, 0.6) is 0 Å². The minimum Gasteiger partial charge on any atom is -0.330 e. The summed E-state index contributed by atoms with van der Waals surface area (Å²) in [6, 6.07) is 0. The molecule has 0 spiro atoms. The molecule has 0 aromatic rings. The van der Waals surface area contributed by atoms with Gasteiger partial charge in [-0.3, -0.25) is 10.2 Å². The van der Waals surface area contributed by atoms with Crippen molar-refractivity contribution in [2.75, 3.05) is 32.7 Å². The monoisotopic (exact) mass is 447 g/mol. The molecule has 9 heteroatoms. The maximum absolute atomic E-state index is 12.3. The third-order valence-corrected chi connectivity index (χ3v) is 10.1. The zero-order valence-corrected chi connectivity index (χ0v) is 19.1. The van der Waals surface area contributed by atoms with E-state index in [1.807, 2.05) is 0 Å². The minimum absolute atomic E-state index is 0.170. The second kappa shape index (κ2) is 9.27. The van der Waals surface area contributed by atoms with E-state index in [2.05, 4.69) is 27.2 Å². The molecule has 7 atom stereocenters. The van der Waals surface area contributed by atoms with E-state index in [9.17, 15) is 8.42 Å². The predicted octanol–water partition coefficient (Wildman–Crippen LogP) is 0.854. The van der Waals surface area contributed by atoms with Crippen LogP contribution in [0, 0.1) is 23.7 Å². The van der Waals surface area contributed by atoms with Crippen LogP contribution in [0.1, 0.15) is 45.4 Å². The standard InChI is InChI=1S/C20H38ClN5O2S/c1-13-2-3-15(8-18(13)21)19-23-10-16(11-24-29(27,28)17-4-5-17)20(25-19)26-7-6-14(9-22)12-26/h13-20,23-25H,2-12,22H2,1H3. The molecule has 4 rings (SSSR count). The lowest BCUT2D eigenvalue weighted by atomic mass is 9.80. The number of rotatable bonds is 7. The van der Waals surface area contributed by atoms with Crippen LogP contribution >= 0.6 is 11.6 Å². The van der Waals surface area contributed by atoms with Crippen LogP contribution in [0.25, 0.3) is 0 Å². The lowest BCUT2D eigenvalue weighted by molar-refractivity contribution is 0.0540. The largest absolute Gasteiger partial charge is 0.330 e. The highest BCUT2D eigenvalue weighted by Crippen LogP contribution is 2.35. The summed E-state index contributed by atoms with van der Waals surface area (Å²) in [5.41, 5.74) is 5.92. The van der Waals surface area contributed by atoms with Crippen LogP contribution < -0.4 is 21.1 Å². The Kier molecular flexibility index (Phi) is 7.11. The molecule has 7 nitrogen and oxygen atoms in total. The van der Waals surface area contributed by atoms with Crippen LogP contribution in [0.4, 0.5) is 0 Å². The highest BCUT2D eigenvalue weighted by Gasteiger charge is 2.42. The molecule has 0 aromatic carbocycles. The van der Waals surface area contributed by atoms with Crippen molar-refractivity contribution >= 4 is 21.6 Å². The lowest BCUT2D eigenvalue weighted by Gasteiger charge is -2.47. The zero-order chi connectivity index (χ0) is 20.6. The Morgan fingerprint density at radius 2 is 2.00 bits per heavy atom. The van der Waals surface area contributed by atoms with Gasteiger partial charge in [-0.2, -0.15) is 0 Å². The van der Waals surface area contributed by atoms with Crippen LogP contribution in [0.2, 0.25) is 0 Å². The Bertz CT molecular complexity index is 661. The number of likely N-dealkylation sites (tertiary alicyclic amines) is 1. The first-order chi connectivity index (χ1) is 13.9. The first-order valence-corrected chi connectivity index (χ1v) is 13.4. The highest BCUT2D eigenvalue weighted by atomic mass is 35.5. The summed E-state index contributed by atoms with van der Waals surface area (Å²) < 4.78 is 27.6. The third-order valence-electron chi connectivity index (χ3n) is 7.56. The van der Waals surface area contributed by atoms with Crippen molar-refractivity contribution in [1.29, 1.82) is 0 Å². The van der Waals surface area contributed by atoms with E-state index in [1.54, 1.807) is 0 Å². The molecule has 0 radical (unpaired) electrons. The Hall–Kier alpha value is 0.0400. The molecule has 2 aliphatic heterocycles. The molecule has 2 saturated carbocycles. The van der Waals surface area contributed by atoms with Crippen molar-refractivity contribution in [3.8, 4) is 0 Å². The molecule has 4 fully saturated rings. The van der Waals surface area contributed by atoms with Gasteiger partial charge in [-0.25, -0.2) is 13.1 Å². The van der Waals surface area contributed by atoms with Gasteiger partial charge in [0.2, 0.25) is 10.0 Å². The first kappa shape index (κ1) is 22.2. The topological polar surface area (TPSA) is 99.5 Å². The van der Waals surface area contributed by atoms with Crippen molar-refractivity contribution in [1.82, 2.24) is 20.3 Å². The second-order valence-electron chi connectivity index (χ2n) is 9.80. The fourth-order valence-corrected chi connectivity index (χ4v) is 7.08. The SMILES string of the molecule is CC1CCC(C2NCC(CNS(=O)(=O)C3CC3)C(N3CCC(CN)C3)N2)CC1Cl. The molecule has 0 aromatic heterocycles. The Balaban J connectivity index is 1.41. The summed E-state index contributed by atoms with van der Waals surface area (Å²) in [5, 5.41) is 7.61. The molecule has 0 amide bonds. The van der Waals surface area contributed by atoms with Gasteiger partial charge < -0.3 is 11.1 Å². The third kappa shape index (κ3) is 5.27. The van der Waals surface area contributed by atoms with E-state index in [-0.39, 0.29) is 28.9 Å². The van der Waals surface area contributed by atoms with Gasteiger partial charge in [-0.1, -0.05) is 6.92 Å². The molecular formula is C20H38ClN5O2S. The first-order valence-electron chi connectivity index (χ1n) is 11.4. The van der Waals surface area contributed by atoms with Crippen LogP contribution in [-0.4, -0.2) is 69.0 Å². The molecule has 2 saturated heterocycles. The van der Waals surface area contributed by atoms with Gasteiger partial charge in [0.1, 0.15) is 0 Å². The number of nitrogens with two attached hydrogens (primary N) is 1.